The van der Waals surface area contributed by atoms with Gasteiger partial charge in [0, 0.05) is 12.2 Å². The van der Waals surface area contributed by atoms with Crippen molar-refractivity contribution in [2.45, 2.75) is 26.3 Å². The first-order chi connectivity index (χ1) is 11.5. The maximum Gasteiger partial charge on any atom is 0.241 e. The smallest absolute Gasteiger partial charge is 0.241 e. The van der Waals surface area contributed by atoms with E-state index < -0.39 is 6.04 Å². The van der Waals surface area contributed by atoms with Crippen molar-refractivity contribution >= 4 is 28.3 Å². The second-order valence-corrected chi connectivity index (χ2v) is 5.99. The molecule has 0 aliphatic rings. The first-order valence-corrected chi connectivity index (χ1v) is 8.28. The Balaban J connectivity index is 1.95. The highest BCUT2D eigenvalue weighted by Gasteiger charge is 2.20. The van der Waals surface area contributed by atoms with Gasteiger partial charge in [-0.3, -0.25) is 14.5 Å². The fraction of sp³-hybridized carbons (Fsp3) is 0.368. The molecule has 0 spiro atoms. The molecule has 0 bridgehead atoms. The predicted octanol–water partition coefficient (Wildman–Crippen LogP) is 2.62. The third kappa shape index (κ3) is 4.80. The molecule has 2 amide bonds. The first kappa shape index (κ1) is 17.9. The van der Waals surface area contributed by atoms with E-state index in [4.69, 9.17) is 0 Å². The quantitative estimate of drug-likeness (QED) is 0.822. The average molecular weight is 327 g/mol. The van der Waals surface area contributed by atoms with E-state index in [1.165, 1.54) is 0 Å². The summed E-state index contributed by atoms with van der Waals surface area (Å²) >= 11 is 0. The lowest BCUT2D eigenvalue weighted by molar-refractivity contribution is -0.124. The summed E-state index contributed by atoms with van der Waals surface area (Å²) in [5, 5.41) is 7.94. The minimum Gasteiger partial charge on any atom is -0.355 e. The van der Waals surface area contributed by atoms with Gasteiger partial charge in [-0.25, -0.2) is 0 Å². The van der Waals surface area contributed by atoms with Crippen molar-refractivity contribution in [3.8, 4) is 0 Å². The molecule has 0 saturated carbocycles. The standard InChI is InChI=1S/C19H25N3O2/c1-4-11-20-18(23)13-22(3)14(2)19(24)21-17-10-9-15-7-5-6-8-16(15)12-17/h5-10,12,14H,4,11,13H2,1-3H3,(H,20,23)(H,21,24)/t14-/m0/s1. The molecule has 2 N–H and O–H groups in total. The van der Waals surface area contributed by atoms with Crippen LogP contribution in [0, 0.1) is 0 Å². The molecule has 0 saturated heterocycles. The highest BCUT2D eigenvalue weighted by molar-refractivity contribution is 5.97. The number of likely N-dealkylation sites (N-methyl/N-ethyl adjacent to an activating group) is 1. The van der Waals surface area contributed by atoms with Crippen LogP contribution in [0.2, 0.25) is 0 Å². The van der Waals surface area contributed by atoms with Crippen molar-refractivity contribution in [1.82, 2.24) is 10.2 Å². The van der Waals surface area contributed by atoms with E-state index in [-0.39, 0.29) is 18.4 Å². The Bertz CT molecular complexity index is 715. The number of amides is 2. The Labute approximate surface area is 143 Å². The number of rotatable bonds is 7. The van der Waals surface area contributed by atoms with Gasteiger partial charge in [-0.15, -0.1) is 0 Å². The lowest BCUT2D eigenvalue weighted by Crippen LogP contribution is -2.44. The van der Waals surface area contributed by atoms with Gasteiger partial charge in [0.25, 0.3) is 0 Å². The van der Waals surface area contributed by atoms with Crippen LogP contribution in [0.5, 0.6) is 0 Å². The lowest BCUT2D eigenvalue weighted by Gasteiger charge is -2.23. The third-order valence-electron chi connectivity index (χ3n) is 4.02. The molecule has 24 heavy (non-hydrogen) atoms. The molecule has 1 atom stereocenters. The molecular weight excluding hydrogens is 302 g/mol. The van der Waals surface area contributed by atoms with Crippen molar-refractivity contribution in [2.24, 2.45) is 0 Å². The van der Waals surface area contributed by atoms with Gasteiger partial charge in [0.2, 0.25) is 11.8 Å². The van der Waals surface area contributed by atoms with Crippen molar-refractivity contribution in [1.29, 1.82) is 0 Å². The molecular formula is C19H25N3O2. The maximum atomic E-state index is 12.4. The van der Waals surface area contributed by atoms with Crippen molar-refractivity contribution in [3.05, 3.63) is 42.5 Å². The van der Waals surface area contributed by atoms with Crippen LogP contribution in [0.4, 0.5) is 5.69 Å². The average Bonchev–Trinajstić information content (AvgIpc) is 2.59. The van der Waals surface area contributed by atoms with Crippen LogP contribution in [0.15, 0.2) is 42.5 Å². The van der Waals surface area contributed by atoms with Crippen LogP contribution in [0.1, 0.15) is 20.3 Å². The molecule has 2 aromatic rings. The minimum atomic E-state index is -0.399. The number of carbonyl (C=O) groups excluding carboxylic acids is 2. The summed E-state index contributed by atoms with van der Waals surface area (Å²) in [4.78, 5) is 25.9. The largest absolute Gasteiger partial charge is 0.355 e. The van der Waals surface area contributed by atoms with Gasteiger partial charge in [0.05, 0.1) is 12.6 Å². The van der Waals surface area contributed by atoms with Gasteiger partial charge >= 0.3 is 0 Å². The Hall–Kier alpha value is -2.40. The van der Waals surface area contributed by atoms with E-state index in [1.54, 1.807) is 18.9 Å². The van der Waals surface area contributed by atoms with Crippen LogP contribution >= 0.6 is 0 Å². The van der Waals surface area contributed by atoms with Gasteiger partial charge in [-0.2, -0.15) is 0 Å². The van der Waals surface area contributed by atoms with Crippen LogP contribution in [0.25, 0.3) is 10.8 Å². The number of anilines is 1. The Morgan fingerprint density at radius 3 is 2.54 bits per heavy atom. The van der Waals surface area contributed by atoms with Crippen molar-refractivity contribution in [3.63, 3.8) is 0 Å². The molecule has 0 heterocycles. The fourth-order valence-electron chi connectivity index (χ4n) is 2.40. The van der Waals surface area contributed by atoms with E-state index in [0.717, 1.165) is 22.9 Å². The SMILES string of the molecule is CCCNC(=O)CN(C)[C@@H](C)C(=O)Nc1ccc2ccccc2c1. The normalized spacial score (nSPS) is 12.2. The fourth-order valence-corrected chi connectivity index (χ4v) is 2.40. The van der Waals surface area contributed by atoms with Crippen LogP contribution in [-0.4, -0.2) is 42.9 Å². The zero-order valence-electron chi connectivity index (χ0n) is 14.5. The summed E-state index contributed by atoms with van der Waals surface area (Å²) in [7, 11) is 1.77. The minimum absolute atomic E-state index is 0.0651. The van der Waals surface area contributed by atoms with E-state index in [2.05, 4.69) is 10.6 Å². The van der Waals surface area contributed by atoms with Crippen LogP contribution < -0.4 is 10.6 Å². The van der Waals surface area contributed by atoms with E-state index in [9.17, 15) is 9.59 Å². The summed E-state index contributed by atoms with van der Waals surface area (Å²) in [6.07, 6.45) is 0.896. The van der Waals surface area contributed by atoms with E-state index in [1.807, 2.05) is 49.4 Å². The second kappa shape index (κ2) is 8.45. The number of fused-ring (bicyclic) bond motifs is 1. The number of carbonyl (C=O) groups is 2. The summed E-state index contributed by atoms with van der Waals surface area (Å²) in [6, 6.07) is 13.4. The first-order valence-electron chi connectivity index (χ1n) is 8.28. The third-order valence-corrected chi connectivity index (χ3v) is 4.02. The molecule has 2 aromatic carbocycles. The van der Waals surface area contributed by atoms with Gasteiger partial charge in [-0.05, 0) is 43.3 Å². The lowest BCUT2D eigenvalue weighted by atomic mass is 10.1. The summed E-state index contributed by atoms with van der Waals surface area (Å²) in [5.74, 6) is -0.194. The molecule has 5 heteroatoms. The number of benzene rings is 2. The number of hydrogen-bond donors (Lipinski definition) is 2. The number of nitrogens with zero attached hydrogens (tertiary/aromatic N) is 1. The number of hydrogen-bond acceptors (Lipinski definition) is 3. The maximum absolute atomic E-state index is 12.4. The van der Waals surface area contributed by atoms with Crippen LogP contribution in [0.3, 0.4) is 0 Å². The Morgan fingerprint density at radius 2 is 1.83 bits per heavy atom. The second-order valence-electron chi connectivity index (χ2n) is 5.99. The van der Waals surface area contributed by atoms with Gasteiger partial charge in [0.15, 0.2) is 0 Å². The van der Waals surface area contributed by atoms with E-state index in [0.29, 0.717) is 6.54 Å². The molecule has 0 unspecified atom stereocenters. The molecule has 2 rings (SSSR count). The van der Waals surface area contributed by atoms with Gasteiger partial charge in [0.1, 0.15) is 0 Å². The zero-order valence-corrected chi connectivity index (χ0v) is 14.5. The Kier molecular flexibility index (Phi) is 6.32. The highest BCUT2D eigenvalue weighted by atomic mass is 16.2. The van der Waals surface area contributed by atoms with Crippen molar-refractivity contribution < 1.29 is 9.59 Å². The van der Waals surface area contributed by atoms with Crippen molar-refractivity contribution in [2.75, 3.05) is 25.5 Å². The molecule has 0 aliphatic heterocycles. The molecule has 0 radical (unpaired) electrons. The summed E-state index contributed by atoms with van der Waals surface area (Å²) in [6.45, 7) is 4.66. The highest BCUT2D eigenvalue weighted by Crippen LogP contribution is 2.19. The van der Waals surface area contributed by atoms with Crippen LogP contribution in [-0.2, 0) is 9.59 Å². The molecule has 128 valence electrons. The molecule has 0 aliphatic carbocycles. The topological polar surface area (TPSA) is 61.4 Å². The number of nitrogens with one attached hydrogen (secondary N) is 2. The predicted molar refractivity (Wildman–Crippen MR) is 98.0 cm³/mol. The van der Waals surface area contributed by atoms with Gasteiger partial charge in [-0.1, -0.05) is 37.3 Å². The summed E-state index contributed by atoms with van der Waals surface area (Å²) < 4.78 is 0. The van der Waals surface area contributed by atoms with Gasteiger partial charge < -0.3 is 10.6 Å². The monoisotopic (exact) mass is 327 g/mol. The summed E-state index contributed by atoms with van der Waals surface area (Å²) in [5.41, 5.74) is 0.759. The molecule has 5 nitrogen and oxygen atoms in total. The molecule has 0 aromatic heterocycles. The Morgan fingerprint density at radius 1 is 1.12 bits per heavy atom. The zero-order chi connectivity index (χ0) is 17.5. The van der Waals surface area contributed by atoms with E-state index >= 15 is 0 Å². The molecule has 0 fully saturated rings.